The Labute approximate surface area is 117 Å². The summed E-state index contributed by atoms with van der Waals surface area (Å²) in [4.78, 5) is 6.95. The first-order chi connectivity index (χ1) is 8.58. The van der Waals surface area contributed by atoms with Crippen molar-refractivity contribution < 1.29 is 0 Å². The van der Waals surface area contributed by atoms with Crippen molar-refractivity contribution in [3.05, 3.63) is 24.3 Å². The standard InChI is InChI=1S/C13H22N2S.C2H6/c1-11-7-5-6-8-12(2)16-13(14-11)9-10-15(3)4;1-2/h5-8,11-12H,9-10H2,1-4H3;1-2H3/b7-5-,8-6-,14-13?;. The van der Waals surface area contributed by atoms with Crippen molar-refractivity contribution in [3.63, 3.8) is 0 Å². The lowest BCUT2D eigenvalue weighted by Crippen LogP contribution is -2.17. The lowest BCUT2D eigenvalue weighted by molar-refractivity contribution is 0.422. The largest absolute Gasteiger partial charge is 0.309 e. The molecule has 2 atom stereocenters. The van der Waals surface area contributed by atoms with E-state index in [4.69, 9.17) is 4.99 Å². The summed E-state index contributed by atoms with van der Waals surface area (Å²) < 4.78 is 0. The van der Waals surface area contributed by atoms with Crippen molar-refractivity contribution in [1.82, 2.24) is 4.90 Å². The molecule has 0 saturated carbocycles. The second kappa shape index (κ2) is 10.4. The molecule has 2 nitrogen and oxygen atoms in total. The third-order valence-electron chi connectivity index (χ3n) is 2.33. The molecule has 0 bridgehead atoms. The van der Waals surface area contributed by atoms with Gasteiger partial charge in [-0.1, -0.05) is 38.2 Å². The second-order valence-electron chi connectivity index (χ2n) is 4.41. The first kappa shape index (κ1) is 17.5. The van der Waals surface area contributed by atoms with Crippen LogP contribution in [0.15, 0.2) is 29.3 Å². The molecular formula is C15H28N2S. The van der Waals surface area contributed by atoms with Gasteiger partial charge in [-0.05, 0) is 27.9 Å². The van der Waals surface area contributed by atoms with Crippen LogP contribution in [0, 0.1) is 0 Å². The number of allylic oxidation sites excluding steroid dienone is 2. The van der Waals surface area contributed by atoms with Crippen molar-refractivity contribution in [2.75, 3.05) is 20.6 Å². The summed E-state index contributed by atoms with van der Waals surface area (Å²) in [6.45, 7) is 9.42. The van der Waals surface area contributed by atoms with Crippen molar-refractivity contribution >= 4 is 16.8 Å². The molecule has 3 heteroatoms. The fourth-order valence-electron chi connectivity index (χ4n) is 1.44. The topological polar surface area (TPSA) is 15.6 Å². The highest BCUT2D eigenvalue weighted by atomic mass is 32.2. The highest BCUT2D eigenvalue weighted by Gasteiger charge is 2.08. The molecule has 0 saturated heterocycles. The minimum absolute atomic E-state index is 0.291. The predicted molar refractivity (Wildman–Crippen MR) is 86.7 cm³/mol. The van der Waals surface area contributed by atoms with Gasteiger partial charge in [-0.25, -0.2) is 0 Å². The van der Waals surface area contributed by atoms with Crippen LogP contribution < -0.4 is 0 Å². The van der Waals surface area contributed by atoms with E-state index < -0.39 is 0 Å². The van der Waals surface area contributed by atoms with Gasteiger partial charge in [0.25, 0.3) is 0 Å². The number of hydrogen-bond donors (Lipinski definition) is 0. The molecule has 18 heavy (non-hydrogen) atoms. The average molecular weight is 268 g/mol. The van der Waals surface area contributed by atoms with E-state index in [2.05, 4.69) is 57.1 Å². The van der Waals surface area contributed by atoms with Gasteiger partial charge >= 0.3 is 0 Å². The smallest absolute Gasteiger partial charge is 0.0701 e. The summed E-state index contributed by atoms with van der Waals surface area (Å²) in [5, 5.41) is 1.78. The Hall–Kier alpha value is -0.540. The number of nitrogens with zero attached hydrogens (tertiary/aromatic N) is 2. The molecule has 104 valence electrons. The predicted octanol–water partition coefficient (Wildman–Crippen LogP) is 4.00. The number of hydrogen-bond acceptors (Lipinski definition) is 3. The van der Waals surface area contributed by atoms with Crippen LogP contribution in [0.5, 0.6) is 0 Å². The number of rotatable bonds is 3. The quantitative estimate of drug-likeness (QED) is 0.769. The summed E-state index contributed by atoms with van der Waals surface area (Å²) in [6.07, 6.45) is 9.64. The van der Waals surface area contributed by atoms with E-state index >= 15 is 0 Å². The molecular weight excluding hydrogens is 240 g/mol. The molecule has 0 spiro atoms. The fraction of sp³-hybridized carbons (Fsp3) is 0.667. The molecule has 1 aliphatic rings. The number of aliphatic imine (C=N–C) groups is 1. The Bertz CT molecular complexity index is 293. The van der Waals surface area contributed by atoms with Gasteiger partial charge in [-0.15, -0.1) is 11.8 Å². The van der Waals surface area contributed by atoms with Crippen LogP contribution >= 0.6 is 11.8 Å². The summed E-state index contributed by atoms with van der Waals surface area (Å²) in [6, 6.07) is 0.291. The summed E-state index contributed by atoms with van der Waals surface area (Å²) in [5.74, 6) is 0. The van der Waals surface area contributed by atoms with Crippen molar-refractivity contribution in [1.29, 1.82) is 0 Å². The third-order valence-corrected chi connectivity index (χ3v) is 3.44. The molecule has 1 heterocycles. The normalized spacial score (nSPS) is 27.2. The van der Waals surface area contributed by atoms with Gasteiger partial charge in [0.1, 0.15) is 0 Å². The molecule has 0 aromatic heterocycles. The zero-order valence-corrected chi connectivity index (χ0v) is 13.5. The van der Waals surface area contributed by atoms with E-state index in [0.29, 0.717) is 11.3 Å². The Balaban J connectivity index is 0.00000137. The summed E-state index contributed by atoms with van der Waals surface area (Å²) in [7, 11) is 4.21. The maximum atomic E-state index is 4.74. The van der Waals surface area contributed by atoms with Gasteiger partial charge in [0.15, 0.2) is 0 Å². The highest BCUT2D eigenvalue weighted by molar-refractivity contribution is 8.14. The van der Waals surface area contributed by atoms with E-state index in [1.54, 1.807) is 0 Å². The average Bonchev–Trinajstić information content (AvgIpc) is 2.41. The zero-order chi connectivity index (χ0) is 14.0. The van der Waals surface area contributed by atoms with Crippen LogP contribution in [0.1, 0.15) is 34.1 Å². The van der Waals surface area contributed by atoms with Crippen LogP contribution in [0.4, 0.5) is 0 Å². The minimum Gasteiger partial charge on any atom is -0.309 e. The molecule has 0 aromatic carbocycles. The fourth-order valence-corrected chi connectivity index (χ4v) is 2.48. The minimum atomic E-state index is 0.291. The Kier molecular flexibility index (Phi) is 10.1. The first-order valence-corrected chi connectivity index (χ1v) is 7.69. The van der Waals surface area contributed by atoms with Gasteiger partial charge in [0.2, 0.25) is 0 Å². The van der Waals surface area contributed by atoms with Crippen LogP contribution in [-0.2, 0) is 0 Å². The highest BCUT2D eigenvalue weighted by Crippen LogP contribution is 2.19. The Morgan fingerprint density at radius 3 is 2.39 bits per heavy atom. The molecule has 0 fully saturated rings. The molecule has 0 aliphatic carbocycles. The van der Waals surface area contributed by atoms with Crippen LogP contribution in [-0.4, -0.2) is 41.9 Å². The zero-order valence-electron chi connectivity index (χ0n) is 12.7. The van der Waals surface area contributed by atoms with Crippen LogP contribution in [0.25, 0.3) is 0 Å². The SMILES string of the molecule is CC.CC1/C=C\C=C/C(C)SC(CCN(C)C)=N1. The van der Waals surface area contributed by atoms with E-state index in [0.717, 1.165) is 13.0 Å². The molecule has 0 aromatic rings. The summed E-state index contributed by atoms with van der Waals surface area (Å²) in [5.41, 5.74) is 0. The molecule has 1 aliphatic heterocycles. The molecule has 0 N–H and O–H groups in total. The van der Waals surface area contributed by atoms with Crippen molar-refractivity contribution in [3.8, 4) is 0 Å². The van der Waals surface area contributed by atoms with E-state index in [1.165, 1.54) is 5.04 Å². The maximum absolute atomic E-state index is 4.74. The van der Waals surface area contributed by atoms with E-state index in [-0.39, 0.29) is 0 Å². The molecule has 1 rings (SSSR count). The number of thioether (sulfide) groups is 1. The van der Waals surface area contributed by atoms with E-state index in [1.807, 2.05) is 25.6 Å². The maximum Gasteiger partial charge on any atom is 0.0701 e. The van der Waals surface area contributed by atoms with Gasteiger partial charge in [0, 0.05) is 18.2 Å². The second-order valence-corrected chi connectivity index (χ2v) is 5.86. The monoisotopic (exact) mass is 268 g/mol. The van der Waals surface area contributed by atoms with Gasteiger partial charge < -0.3 is 4.90 Å². The van der Waals surface area contributed by atoms with Gasteiger partial charge in [0.05, 0.1) is 11.1 Å². The third kappa shape index (κ3) is 8.54. The van der Waals surface area contributed by atoms with Crippen LogP contribution in [0.2, 0.25) is 0 Å². The first-order valence-electron chi connectivity index (χ1n) is 6.81. The van der Waals surface area contributed by atoms with E-state index in [9.17, 15) is 0 Å². The molecule has 0 radical (unpaired) electrons. The van der Waals surface area contributed by atoms with Crippen molar-refractivity contribution in [2.45, 2.75) is 45.4 Å². The Morgan fingerprint density at radius 1 is 1.17 bits per heavy atom. The molecule has 2 unspecified atom stereocenters. The van der Waals surface area contributed by atoms with Gasteiger partial charge in [-0.2, -0.15) is 0 Å². The Morgan fingerprint density at radius 2 is 1.78 bits per heavy atom. The van der Waals surface area contributed by atoms with Crippen LogP contribution in [0.3, 0.4) is 0 Å². The lowest BCUT2D eigenvalue weighted by atomic mass is 10.3. The summed E-state index contributed by atoms with van der Waals surface area (Å²) >= 11 is 1.88. The lowest BCUT2D eigenvalue weighted by Gasteiger charge is -2.14. The van der Waals surface area contributed by atoms with Gasteiger partial charge in [-0.3, -0.25) is 4.99 Å². The molecule has 0 amide bonds. The van der Waals surface area contributed by atoms with Crippen molar-refractivity contribution in [2.24, 2.45) is 4.99 Å².